The fraction of sp³-hybridized carbons (Fsp3) is 0.333. The molecular weight excluding hydrogens is 395 g/mol. The molecule has 0 radical (unpaired) electrons. The number of sulfonamides is 1. The molecule has 0 aliphatic carbocycles. The zero-order chi connectivity index (χ0) is 18.9. The van der Waals surface area contributed by atoms with Crippen molar-refractivity contribution in [2.45, 2.75) is 24.3 Å². The number of hydrogen-bond donors (Lipinski definition) is 1. The third-order valence-corrected chi connectivity index (χ3v) is 7.12. The van der Waals surface area contributed by atoms with Crippen LogP contribution in [-0.4, -0.2) is 32.4 Å². The van der Waals surface area contributed by atoms with Gasteiger partial charge in [-0.1, -0.05) is 59.6 Å². The minimum absolute atomic E-state index is 0.0677. The Morgan fingerprint density at radius 1 is 1.15 bits per heavy atom. The van der Waals surface area contributed by atoms with E-state index in [0.29, 0.717) is 10.0 Å². The molecule has 0 unspecified atom stereocenters. The van der Waals surface area contributed by atoms with Crippen molar-refractivity contribution < 1.29 is 13.3 Å². The van der Waals surface area contributed by atoms with Gasteiger partial charge in [-0.15, -0.1) is 0 Å². The molecule has 1 fully saturated rings. The van der Waals surface area contributed by atoms with Gasteiger partial charge < -0.3 is 0 Å². The Bertz CT molecular complexity index is 877. The van der Waals surface area contributed by atoms with Crippen LogP contribution in [0.15, 0.2) is 48.5 Å². The monoisotopic (exact) mass is 414 g/mol. The van der Waals surface area contributed by atoms with Gasteiger partial charge in [-0.25, -0.2) is 13.1 Å². The Kier molecular flexibility index (Phi) is 5.91. The van der Waals surface area contributed by atoms with Gasteiger partial charge in [-0.3, -0.25) is 4.84 Å². The van der Waals surface area contributed by atoms with Gasteiger partial charge in [0.2, 0.25) is 10.0 Å². The van der Waals surface area contributed by atoms with Crippen LogP contribution in [0.4, 0.5) is 0 Å². The van der Waals surface area contributed by atoms with Crippen LogP contribution in [0.25, 0.3) is 0 Å². The van der Waals surface area contributed by atoms with E-state index in [1.54, 1.807) is 30.3 Å². The van der Waals surface area contributed by atoms with Gasteiger partial charge in [0.25, 0.3) is 0 Å². The van der Waals surface area contributed by atoms with Crippen LogP contribution in [0.2, 0.25) is 10.0 Å². The van der Waals surface area contributed by atoms with E-state index in [9.17, 15) is 8.42 Å². The van der Waals surface area contributed by atoms with E-state index in [1.807, 2.05) is 37.3 Å². The fourth-order valence-corrected chi connectivity index (χ4v) is 5.14. The SMILES string of the molecule is C[C@H](NS(=O)(=O)[C@@H]1CON(C)[C@@H]1c1ccc(Cl)c(Cl)c1)c1ccccc1. The van der Waals surface area contributed by atoms with E-state index in [1.165, 1.54) is 0 Å². The maximum atomic E-state index is 13.0. The summed E-state index contributed by atoms with van der Waals surface area (Å²) in [5.41, 5.74) is 1.64. The summed E-state index contributed by atoms with van der Waals surface area (Å²) in [7, 11) is -1.94. The molecule has 26 heavy (non-hydrogen) atoms. The largest absolute Gasteiger partial charge is 0.297 e. The molecule has 5 nitrogen and oxygen atoms in total. The molecular formula is C18H20Cl2N2O3S. The van der Waals surface area contributed by atoms with Gasteiger partial charge in [-0.05, 0) is 30.2 Å². The van der Waals surface area contributed by atoms with Gasteiger partial charge in [0.05, 0.1) is 22.7 Å². The first-order valence-corrected chi connectivity index (χ1v) is 10.5. The molecule has 1 N–H and O–H groups in total. The van der Waals surface area contributed by atoms with Crippen LogP contribution < -0.4 is 4.72 Å². The summed E-state index contributed by atoms with van der Waals surface area (Å²) < 4.78 is 28.8. The van der Waals surface area contributed by atoms with Gasteiger partial charge in [0.15, 0.2) is 0 Å². The van der Waals surface area contributed by atoms with E-state index >= 15 is 0 Å². The average molecular weight is 415 g/mol. The van der Waals surface area contributed by atoms with E-state index in [2.05, 4.69) is 4.72 Å². The Labute approximate surface area is 163 Å². The lowest BCUT2D eigenvalue weighted by atomic mass is 10.0. The van der Waals surface area contributed by atoms with Gasteiger partial charge >= 0.3 is 0 Å². The highest BCUT2D eigenvalue weighted by molar-refractivity contribution is 7.90. The molecule has 1 saturated heterocycles. The van der Waals surface area contributed by atoms with Crippen molar-refractivity contribution in [3.63, 3.8) is 0 Å². The van der Waals surface area contributed by atoms with Crippen LogP contribution in [0.3, 0.4) is 0 Å². The smallest absolute Gasteiger partial charge is 0.219 e. The molecule has 3 atom stereocenters. The summed E-state index contributed by atoms with van der Waals surface area (Å²) in [5.74, 6) is 0. The molecule has 3 rings (SSSR count). The van der Waals surface area contributed by atoms with Crippen LogP contribution in [0.1, 0.15) is 30.1 Å². The summed E-state index contributed by atoms with van der Waals surface area (Å²) >= 11 is 12.1. The quantitative estimate of drug-likeness (QED) is 0.803. The highest BCUT2D eigenvalue weighted by atomic mass is 35.5. The summed E-state index contributed by atoms with van der Waals surface area (Å²) in [5, 5.41) is 1.59. The van der Waals surface area contributed by atoms with Crippen LogP contribution in [0.5, 0.6) is 0 Å². The van der Waals surface area contributed by atoms with Crippen LogP contribution >= 0.6 is 23.2 Å². The summed E-state index contributed by atoms with van der Waals surface area (Å²) in [6, 6.07) is 13.7. The Morgan fingerprint density at radius 3 is 2.50 bits per heavy atom. The average Bonchev–Trinajstić information content (AvgIpc) is 3.00. The minimum Gasteiger partial charge on any atom is -0.297 e. The molecule has 8 heteroatoms. The molecule has 140 valence electrons. The van der Waals surface area contributed by atoms with Crippen LogP contribution in [-0.2, 0) is 14.9 Å². The third-order valence-electron chi connectivity index (χ3n) is 4.51. The van der Waals surface area contributed by atoms with E-state index in [0.717, 1.165) is 11.1 Å². The van der Waals surface area contributed by atoms with E-state index < -0.39 is 21.3 Å². The van der Waals surface area contributed by atoms with Gasteiger partial charge in [0.1, 0.15) is 5.25 Å². The molecule has 0 spiro atoms. The fourth-order valence-electron chi connectivity index (χ4n) is 3.12. The van der Waals surface area contributed by atoms with E-state index in [-0.39, 0.29) is 12.6 Å². The molecule has 1 aliphatic rings. The maximum absolute atomic E-state index is 13.0. The van der Waals surface area contributed by atoms with Crippen molar-refractivity contribution in [3.05, 3.63) is 69.7 Å². The normalized spacial score (nSPS) is 22.5. The molecule has 0 bridgehead atoms. The Hall–Kier alpha value is -1.15. The van der Waals surface area contributed by atoms with Gasteiger partial charge in [-0.2, -0.15) is 5.06 Å². The number of halogens is 2. The third kappa shape index (κ3) is 4.06. The first kappa shape index (κ1) is 19.6. The first-order chi connectivity index (χ1) is 12.3. The predicted molar refractivity (Wildman–Crippen MR) is 104 cm³/mol. The summed E-state index contributed by atoms with van der Waals surface area (Å²) in [6.07, 6.45) is 0. The second-order valence-corrected chi connectivity index (χ2v) is 9.04. The molecule has 1 aliphatic heterocycles. The van der Waals surface area contributed by atoms with Gasteiger partial charge in [0, 0.05) is 13.1 Å². The second kappa shape index (κ2) is 7.84. The second-order valence-electron chi connectivity index (χ2n) is 6.29. The lowest BCUT2D eigenvalue weighted by molar-refractivity contribution is -0.110. The van der Waals surface area contributed by atoms with E-state index in [4.69, 9.17) is 28.0 Å². The number of nitrogens with zero attached hydrogens (tertiary/aromatic N) is 1. The van der Waals surface area contributed by atoms with Crippen molar-refractivity contribution >= 4 is 33.2 Å². The van der Waals surface area contributed by atoms with Crippen molar-refractivity contribution in [1.82, 2.24) is 9.79 Å². The van der Waals surface area contributed by atoms with Crippen molar-refractivity contribution in [2.24, 2.45) is 0 Å². The van der Waals surface area contributed by atoms with Crippen LogP contribution in [0, 0.1) is 0 Å². The first-order valence-electron chi connectivity index (χ1n) is 8.16. The summed E-state index contributed by atoms with van der Waals surface area (Å²) in [6.45, 7) is 1.89. The van der Waals surface area contributed by atoms with Crippen molar-refractivity contribution in [2.75, 3.05) is 13.7 Å². The molecule has 2 aromatic rings. The highest BCUT2D eigenvalue weighted by Crippen LogP contribution is 2.36. The minimum atomic E-state index is -3.65. The lowest BCUT2D eigenvalue weighted by Crippen LogP contribution is -2.40. The highest BCUT2D eigenvalue weighted by Gasteiger charge is 2.43. The number of hydroxylamine groups is 2. The zero-order valence-corrected chi connectivity index (χ0v) is 16.7. The lowest BCUT2D eigenvalue weighted by Gasteiger charge is -2.25. The topological polar surface area (TPSA) is 58.6 Å². The number of nitrogens with one attached hydrogen (secondary N) is 1. The van der Waals surface area contributed by atoms with Crippen molar-refractivity contribution in [1.29, 1.82) is 0 Å². The number of hydrogen-bond acceptors (Lipinski definition) is 4. The predicted octanol–water partition coefficient (Wildman–Crippen LogP) is 3.96. The number of rotatable bonds is 5. The molecule has 0 saturated carbocycles. The standard InChI is InChI=1S/C18H20Cl2N2O3S/c1-12(13-6-4-3-5-7-13)21-26(23,24)17-11-25-22(2)18(17)14-8-9-15(19)16(20)10-14/h3-10,12,17-18,21H,11H2,1-2H3/t12-,17+,18+/m0/s1. The molecule has 0 amide bonds. The molecule has 0 aromatic heterocycles. The molecule has 2 aromatic carbocycles. The Balaban J connectivity index is 1.86. The maximum Gasteiger partial charge on any atom is 0.219 e. The number of benzene rings is 2. The zero-order valence-electron chi connectivity index (χ0n) is 14.4. The van der Waals surface area contributed by atoms with Crippen molar-refractivity contribution in [3.8, 4) is 0 Å². The molecule has 1 heterocycles. The summed E-state index contributed by atoms with van der Waals surface area (Å²) in [4.78, 5) is 5.51. The Morgan fingerprint density at radius 2 is 1.85 bits per heavy atom.